The van der Waals surface area contributed by atoms with Crippen molar-refractivity contribution in [2.45, 2.75) is 6.61 Å². The van der Waals surface area contributed by atoms with Gasteiger partial charge in [-0.15, -0.1) is 0 Å². The molecule has 0 amide bonds. The molecule has 13 heavy (non-hydrogen) atoms. The van der Waals surface area contributed by atoms with E-state index >= 15 is 0 Å². The van der Waals surface area contributed by atoms with Gasteiger partial charge < -0.3 is 9.84 Å². The highest BCUT2D eigenvalue weighted by Crippen LogP contribution is 1.99. The minimum absolute atomic E-state index is 0.0781. The number of hydrogen-bond donors (Lipinski definition) is 1. The van der Waals surface area contributed by atoms with Crippen LogP contribution in [0.15, 0.2) is 42.5 Å². The van der Waals surface area contributed by atoms with Crippen LogP contribution >= 0.6 is 0 Å². The molecule has 0 aromatic heterocycles. The smallest absolute Gasteiger partial charge is 0.0721 e. The first-order chi connectivity index (χ1) is 6.43. The van der Waals surface area contributed by atoms with Crippen LogP contribution in [0, 0.1) is 0 Å². The standard InChI is InChI=1S/C11H14O2/c12-8-4-5-9-13-10-11-6-2-1-3-7-11/h1-7,12H,8-10H2/b5-4-/i4+1,5+1. The highest BCUT2D eigenvalue weighted by atomic mass is 16.5. The highest BCUT2D eigenvalue weighted by Gasteiger charge is 1.88. The summed E-state index contributed by atoms with van der Waals surface area (Å²) in [6.07, 6.45) is 3.48. The van der Waals surface area contributed by atoms with Crippen LogP contribution in [-0.2, 0) is 11.3 Å². The minimum Gasteiger partial charge on any atom is -0.392 e. The van der Waals surface area contributed by atoms with Crippen molar-refractivity contribution in [3.05, 3.63) is 48.0 Å². The van der Waals surface area contributed by atoms with E-state index in [1.807, 2.05) is 36.4 Å². The highest BCUT2D eigenvalue weighted by molar-refractivity contribution is 5.13. The predicted molar refractivity (Wildman–Crippen MR) is 52.3 cm³/mol. The van der Waals surface area contributed by atoms with Gasteiger partial charge in [0.1, 0.15) is 0 Å². The largest absolute Gasteiger partial charge is 0.392 e. The van der Waals surface area contributed by atoms with Crippen LogP contribution in [-0.4, -0.2) is 18.3 Å². The second-order valence-corrected chi connectivity index (χ2v) is 2.65. The van der Waals surface area contributed by atoms with Crippen LogP contribution < -0.4 is 0 Å². The van der Waals surface area contributed by atoms with E-state index < -0.39 is 0 Å². The third-order valence-corrected chi connectivity index (χ3v) is 1.60. The van der Waals surface area contributed by atoms with Crippen molar-refractivity contribution in [1.82, 2.24) is 0 Å². The van der Waals surface area contributed by atoms with Gasteiger partial charge in [-0.3, -0.25) is 0 Å². The molecule has 0 aliphatic heterocycles. The zero-order chi connectivity index (χ0) is 9.36. The van der Waals surface area contributed by atoms with Gasteiger partial charge in [0.2, 0.25) is 0 Å². The van der Waals surface area contributed by atoms with E-state index in [9.17, 15) is 0 Å². The van der Waals surface area contributed by atoms with E-state index in [1.54, 1.807) is 6.08 Å². The monoisotopic (exact) mass is 180 g/mol. The lowest BCUT2D eigenvalue weighted by Crippen LogP contribution is -1.92. The summed E-state index contributed by atoms with van der Waals surface area (Å²) in [4.78, 5) is 0. The second-order valence-electron chi connectivity index (χ2n) is 2.65. The fourth-order valence-electron chi connectivity index (χ4n) is 0.962. The Kier molecular flexibility index (Phi) is 4.91. The van der Waals surface area contributed by atoms with Gasteiger partial charge in [-0.05, 0) is 5.56 Å². The number of rotatable bonds is 5. The first-order valence-electron chi connectivity index (χ1n) is 4.31. The topological polar surface area (TPSA) is 29.5 Å². The van der Waals surface area contributed by atoms with Crippen LogP contribution in [0.25, 0.3) is 0 Å². The Labute approximate surface area is 78.5 Å². The lowest BCUT2D eigenvalue weighted by atomic mass is 10.2. The molecule has 0 saturated carbocycles. The minimum atomic E-state index is 0.0781. The van der Waals surface area contributed by atoms with Crippen molar-refractivity contribution < 1.29 is 9.84 Å². The molecule has 1 aromatic carbocycles. The molecule has 0 heterocycles. The van der Waals surface area contributed by atoms with Gasteiger partial charge in [0.25, 0.3) is 0 Å². The Hall–Kier alpha value is -1.12. The van der Waals surface area contributed by atoms with Crippen molar-refractivity contribution in [2.75, 3.05) is 13.2 Å². The van der Waals surface area contributed by atoms with Crippen molar-refractivity contribution in [3.63, 3.8) is 0 Å². The first-order valence-corrected chi connectivity index (χ1v) is 4.31. The third kappa shape index (κ3) is 4.45. The molecular weight excluding hydrogens is 166 g/mol. The van der Waals surface area contributed by atoms with E-state index in [-0.39, 0.29) is 6.61 Å². The molecule has 2 heteroatoms. The van der Waals surface area contributed by atoms with Crippen LogP contribution in [0.1, 0.15) is 5.56 Å². The van der Waals surface area contributed by atoms with Crippen LogP contribution in [0.4, 0.5) is 0 Å². The van der Waals surface area contributed by atoms with E-state index in [0.29, 0.717) is 13.2 Å². The van der Waals surface area contributed by atoms with E-state index in [4.69, 9.17) is 9.84 Å². The SMILES string of the molecule is OC/[13CH]=[13CH]\COCc1ccccc1. The molecule has 0 atom stereocenters. The lowest BCUT2D eigenvalue weighted by molar-refractivity contribution is 0.148. The number of ether oxygens (including phenoxy) is 1. The Morgan fingerprint density at radius 2 is 1.92 bits per heavy atom. The Morgan fingerprint density at radius 1 is 1.15 bits per heavy atom. The molecule has 0 fully saturated rings. The average molecular weight is 180 g/mol. The van der Waals surface area contributed by atoms with Crippen LogP contribution in [0.3, 0.4) is 0 Å². The summed E-state index contributed by atoms with van der Waals surface area (Å²) in [7, 11) is 0. The van der Waals surface area contributed by atoms with Crippen molar-refractivity contribution in [1.29, 1.82) is 0 Å². The summed E-state index contributed by atoms with van der Waals surface area (Å²) < 4.78 is 5.32. The molecule has 0 saturated heterocycles. The summed E-state index contributed by atoms with van der Waals surface area (Å²) in [5.74, 6) is 0. The maximum Gasteiger partial charge on any atom is 0.0721 e. The second kappa shape index (κ2) is 6.40. The zero-order valence-electron chi connectivity index (χ0n) is 7.52. The molecule has 1 rings (SSSR count). The normalized spacial score (nSPS) is 10.8. The molecule has 0 aliphatic rings. The fourth-order valence-corrected chi connectivity index (χ4v) is 0.962. The lowest BCUT2D eigenvalue weighted by Gasteiger charge is -2.00. The number of aliphatic hydroxyl groups excluding tert-OH is 1. The third-order valence-electron chi connectivity index (χ3n) is 1.60. The van der Waals surface area contributed by atoms with Crippen LogP contribution in [0.5, 0.6) is 0 Å². The molecule has 70 valence electrons. The van der Waals surface area contributed by atoms with Crippen molar-refractivity contribution >= 4 is 0 Å². The van der Waals surface area contributed by atoms with Crippen molar-refractivity contribution in [3.8, 4) is 0 Å². The molecule has 1 N–H and O–H groups in total. The summed E-state index contributed by atoms with van der Waals surface area (Å²) in [5, 5.41) is 8.44. The zero-order valence-corrected chi connectivity index (χ0v) is 7.52. The molecule has 1 aromatic rings. The van der Waals surface area contributed by atoms with E-state index in [0.717, 1.165) is 0 Å². The van der Waals surface area contributed by atoms with Crippen molar-refractivity contribution in [2.24, 2.45) is 0 Å². The summed E-state index contributed by atoms with van der Waals surface area (Å²) >= 11 is 0. The first kappa shape index (κ1) is 9.96. The average Bonchev–Trinajstić information content (AvgIpc) is 2.19. The van der Waals surface area contributed by atoms with Gasteiger partial charge in [-0.2, -0.15) is 0 Å². The molecular formula is C11H14O2. The maximum atomic E-state index is 8.44. The fraction of sp³-hybridized carbons (Fsp3) is 0.273. The number of benzene rings is 1. The van der Waals surface area contributed by atoms with Gasteiger partial charge in [-0.25, -0.2) is 0 Å². The molecule has 0 bridgehead atoms. The van der Waals surface area contributed by atoms with Gasteiger partial charge in [-0.1, -0.05) is 42.5 Å². The van der Waals surface area contributed by atoms with Gasteiger partial charge in [0, 0.05) is 0 Å². The summed E-state index contributed by atoms with van der Waals surface area (Å²) in [5.41, 5.74) is 1.17. The molecule has 2 nitrogen and oxygen atoms in total. The Balaban J connectivity index is 2.17. The quantitative estimate of drug-likeness (QED) is 0.425. The molecule has 0 radical (unpaired) electrons. The number of hydrogen-bond acceptors (Lipinski definition) is 2. The molecule has 0 aliphatic carbocycles. The maximum absolute atomic E-state index is 8.44. The Morgan fingerprint density at radius 3 is 2.62 bits per heavy atom. The van der Waals surface area contributed by atoms with E-state index in [1.165, 1.54) is 5.56 Å². The van der Waals surface area contributed by atoms with E-state index in [2.05, 4.69) is 0 Å². The molecule has 0 spiro atoms. The summed E-state index contributed by atoms with van der Waals surface area (Å²) in [6.45, 7) is 1.25. The van der Waals surface area contributed by atoms with Crippen LogP contribution in [0.2, 0.25) is 0 Å². The molecule has 0 unspecified atom stereocenters. The number of aliphatic hydroxyl groups is 1. The van der Waals surface area contributed by atoms with Gasteiger partial charge in [0.15, 0.2) is 0 Å². The van der Waals surface area contributed by atoms with Gasteiger partial charge in [0.05, 0.1) is 19.8 Å². The Bertz CT molecular complexity index is 242. The van der Waals surface area contributed by atoms with Gasteiger partial charge >= 0.3 is 0 Å². The summed E-state index contributed by atoms with van der Waals surface area (Å²) in [6, 6.07) is 10.0. The predicted octanol–water partition coefficient (Wildman–Crippen LogP) is 1.75.